The van der Waals surface area contributed by atoms with E-state index >= 15 is 4.39 Å². The van der Waals surface area contributed by atoms with Crippen molar-refractivity contribution < 1.29 is 23.4 Å². The predicted octanol–water partition coefficient (Wildman–Crippen LogP) is 4.98. The maximum atomic E-state index is 16.3. The summed E-state index contributed by atoms with van der Waals surface area (Å²) in [4.78, 5) is 17.1. The number of methoxy groups -OCH3 is 2. The Bertz CT molecular complexity index is 1810. The summed E-state index contributed by atoms with van der Waals surface area (Å²) in [6, 6.07) is 8.25. The van der Waals surface area contributed by atoms with Gasteiger partial charge in [-0.25, -0.2) is 18.7 Å². The molecule has 0 fully saturated rings. The van der Waals surface area contributed by atoms with Crippen LogP contribution in [0.3, 0.4) is 0 Å². The number of nitrogens with one attached hydrogen (secondary N) is 1. The van der Waals surface area contributed by atoms with Crippen LogP contribution in [0.15, 0.2) is 42.6 Å². The summed E-state index contributed by atoms with van der Waals surface area (Å²) in [5.74, 6) is 0.998. The van der Waals surface area contributed by atoms with E-state index in [0.717, 1.165) is 0 Å². The van der Waals surface area contributed by atoms with E-state index in [4.69, 9.17) is 21.6 Å². The monoisotopic (exact) mass is 528 g/mol. The SMILES string of the molecule is C#Cc1c(F)ccc2cc(O)cc(-c3nc(OC)c4c(NC(C)c5cccnc5N)nc(OC)nc4c3F)c12. The van der Waals surface area contributed by atoms with Gasteiger partial charge in [-0.05, 0) is 36.6 Å². The van der Waals surface area contributed by atoms with E-state index in [2.05, 4.69) is 31.2 Å². The summed E-state index contributed by atoms with van der Waals surface area (Å²) in [5, 5.41) is 14.3. The van der Waals surface area contributed by atoms with Crippen molar-refractivity contribution in [3.05, 3.63) is 65.4 Å². The van der Waals surface area contributed by atoms with E-state index in [0.29, 0.717) is 16.8 Å². The van der Waals surface area contributed by atoms with Crippen molar-refractivity contribution in [2.45, 2.75) is 13.0 Å². The molecule has 0 bridgehead atoms. The summed E-state index contributed by atoms with van der Waals surface area (Å²) in [6.45, 7) is 1.83. The molecular formula is C28H22F2N6O3. The first-order chi connectivity index (χ1) is 18.8. The fraction of sp³-hybridized carbons (Fsp3) is 0.143. The van der Waals surface area contributed by atoms with Crippen molar-refractivity contribution in [3.8, 4) is 41.2 Å². The molecule has 5 aromatic rings. The third-order valence-corrected chi connectivity index (χ3v) is 6.25. The lowest BCUT2D eigenvalue weighted by Crippen LogP contribution is -2.13. The lowest BCUT2D eigenvalue weighted by atomic mass is 9.95. The molecule has 0 aliphatic rings. The van der Waals surface area contributed by atoms with E-state index in [1.807, 2.05) is 6.92 Å². The number of benzene rings is 2. The smallest absolute Gasteiger partial charge is 0.318 e. The minimum Gasteiger partial charge on any atom is -0.508 e. The number of nitrogen functional groups attached to an aromatic ring is 1. The minimum atomic E-state index is -0.887. The predicted molar refractivity (Wildman–Crippen MR) is 144 cm³/mol. The van der Waals surface area contributed by atoms with Crippen LogP contribution < -0.4 is 20.5 Å². The molecule has 3 heterocycles. The van der Waals surface area contributed by atoms with E-state index in [9.17, 15) is 9.50 Å². The lowest BCUT2D eigenvalue weighted by Gasteiger charge is -2.19. The van der Waals surface area contributed by atoms with Crippen LogP contribution in [0.25, 0.3) is 32.9 Å². The number of rotatable bonds is 6. The number of fused-ring (bicyclic) bond motifs is 2. The second kappa shape index (κ2) is 9.90. The fourth-order valence-electron chi connectivity index (χ4n) is 4.47. The first-order valence-electron chi connectivity index (χ1n) is 11.7. The van der Waals surface area contributed by atoms with Gasteiger partial charge >= 0.3 is 6.01 Å². The highest BCUT2D eigenvalue weighted by molar-refractivity contribution is 6.04. The Morgan fingerprint density at radius 3 is 2.56 bits per heavy atom. The van der Waals surface area contributed by atoms with E-state index < -0.39 is 17.7 Å². The van der Waals surface area contributed by atoms with E-state index in [1.165, 1.54) is 38.5 Å². The molecule has 1 unspecified atom stereocenters. The number of nitrogens with two attached hydrogens (primary N) is 1. The standard InChI is InChI=1S/C28H22F2N6O3/c1-5-16-19(29)9-8-14-11-15(37)12-18(20(14)16)23-22(30)24-21(27(34-23)38-3)26(36-28(35-24)39-4)33-13(2)17-7-6-10-32-25(17)31/h1,6-13,37H,2-4H3,(H2,31,32)(H,33,35,36). The molecule has 0 amide bonds. The normalized spacial score (nSPS) is 11.8. The van der Waals surface area contributed by atoms with Crippen molar-refractivity contribution in [1.29, 1.82) is 0 Å². The number of hydrogen-bond donors (Lipinski definition) is 3. The second-order valence-corrected chi connectivity index (χ2v) is 8.57. The number of pyridine rings is 2. The maximum Gasteiger partial charge on any atom is 0.318 e. The molecule has 0 aliphatic carbocycles. The van der Waals surface area contributed by atoms with Crippen molar-refractivity contribution >= 4 is 33.3 Å². The Balaban J connectivity index is 1.80. The van der Waals surface area contributed by atoms with Crippen LogP contribution in [0.1, 0.15) is 24.1 Å². The van der Waals surface area contributed by atoms with Crippen LogP contribution >= 0.6 is 0 Å². The quantitative estimate of drug-likeness (QED) is 0.262. The van der Waals surface area contributed by atoms with Crippen molar-refractivity contribution in [2.75, 3.05) is 25.3 Å². The Morgan fingerprint density at radius 2 is 1.87 bits per heavy atom. The van der Waals surface area contributed by atoms with Gasteiger partial charge in [0.25, 0.3) is 0 Å². The molecule has 2 aromatic carbocycles. The van der Waals surface area contributed by atoms with Crippen molar-refractivity contribution in [2.24, 2.45) is 0 Å². The van der Waals surface area contributed by atoms with Gasteiger partial charge in [0.2, 0.25) is 5.88 Å². The number of ether oxygens (including phenoxy) is 2. The van der Waals surface area contributed by atoms with Gasteiger partial charge in [0.05, 0.1) is 25.8 Å². The summed E-state index contributed by atoms with van der Waals surface area (Å²) < 4.78 is 41.8. The first kappa shape index (κ1) is 25.4. The zero-order chi connectivity index (χ0) is 27.8. The van der Waals surface area contributed by atoms with Crippen LogP contribution in [0.5, 0.6) is 17.6 Å². The van der Waals surface area contributed by atoms with Crippen LogP contribution in [0.4, 0.5) is 20.4 Å². The van der Waals surface area contributed by atoms with Crippen LogP contribution in [0.2, 0.25) is 0 Å². The molecular weight excluding hydrogens is 506 g/mol. The van der Waals surface area contributed by atoms with E-state index in [-0.39, 0.29) is 56.6 Å². The molecule has 0 aliphatic heterocycles. The molecule has 9 nitrogen and oxygen atoms in total. The first-order valence-corrected chi connectivity index (χ1v) is 11.7. The lowest BCUT2D eigenvalue weighted by molar-refractivity contribution is 0.380. The average molecular weight is 529 g/mol. The summed E-state index contributed by atoms with van der Waals surface area (Å²) in [7, 11) is 2.70. The Hall–Kier alpha value is -5.24. The largest absolute Gasteiger partial charge is 0.508 e. The maximum absolute atomic E-state index is 16.3. The van der Waals surface area contributed by atoms with Gasteiger partial charge in [0, 0.05) is 22.7 Å². The molecule has 0 spiro atoms. The van der Waals surface area contributed by atoms with Gasteiger partial charge in [-0.15, -0.1) is 6.42 Å². The molecule has 1 atom stereocenters. The number of phenolic OH excluding ortho intramolecular Hbond substituents is 1. The molecule has 0 radical (unpaired) electrons. The number of nitrogens with zero attached hydrogens (tertiary/aromatic N) is 4. The highest BCUT2D eigenvalue weighted by Crippen LogP contribution is 2.41. The summed E-state index contributed by atoms with van der Waals surface area (Å²) in [5.41, 5.74) is 6.21. The summed E-state index contributed by atoms with van der Waals surface area (Å²) >= 11 is 0. The number of aromatic hydroxyl groups is 1. The molecule has 3 aromatic heterocycles. The van der Waals surface area contributed by atoms with Crippen LogP contribution in [-0.4, -0.2) is 39.3 Å². The number of phenols is 1. The van der Waals surface area contributed by atoms with Crippen molar-refractivity contribution in [3.63, 3.8) is 0 Å². The summed E-state index contributed by atoms with van der Waals surface area (Å²) in [6.07, 6.45) is 7.17. The van der Waals surface area contributed by atoms with Gasteiger partial charge in [-0.2, -0.15) is 9.97 Å². The highest BCUT2D eigenvalue weighted by atomic mass is 19.1. The molecule has 4 N–H and O–H groups in total. The van der Waals surface area contributed by atoms with Gasteiger partial charge in [0.15, 0.2) is 5.82 Å². The molecule has 0 saturated carbocycles. The number of aromatic nitrogens is 4. The zero-order valence-electron chi connectivity index (χ0n) is 21.1. The van der Waals surface area contributed by atoms with Crippen LogP contribution in [-0.2, 0) is 0 Å². The minimum absolute atomic E-state index is 0.0342. The fourth-order valence-corrected chi connectivity index (χ4v) is 4.47. The zero-order valence-corrected chi connectivity index (χ0v) is 21.1. The molecule has 11 heteroatoms. The number of anilines is 2. The van der Waals surface area contributed by atoms with Crippen LogP contribution in [0, 0.1) is 24.0 Å². The number of hydrogen-bond acceptors (Lipinski definition) is 9. The third-order valence-electron chi connectivity index (χ3n) is 6.25. The average Bonchev–Trinajstić information content (AvgIpc) is 2.93. The molecule has 5 rings (SSSR count). The molecule has 196 valence electrons. The second-order valence-electron chi connectivity index (χ2n) is 8.57. The molecule has 39 heavy (non-hydrogen) atoms. The Labute approximate surface area is 221 Å². The van der Waals surface area contributed by atoms with Crippen molar-refractivity contribution in [1.82, 2.24) is 19.9 Å². The number of halogens is 2. The highest BCUT2D eigenvalue weighted by Gasteiger charge is 2.26. The van der Waals surface area contributed by atoms with E-state index in [1.54, 1.807) is 18.3 Å². The third kappa shape index (κ3) is 4.31. The Kier molecular flexibility index (Phi) is 6.45. The number of terminal acetylenes is 1. The topological polar surface area (TPSA) is 128 Å². The van der Waals surface area contributed by atoms with Gasteiger partial charge < -0.3 is 25.6 Å². The van der Waals surface area contributed by atoms with Gasteiger partial charge in [0.1, 0.15) is 39.8 Å². The molecule has 0 saturated heterocycles. The van der Waals surface area contributed by atoms with Gasteiger partial charge in [-0.3, -0.25) is 0 Å². The van der Waals surface area contributed by atoms with Gasteiger partial charge in [-0.1, -0.05) is 18.1 Å². The Morgan fingerprint density at radius 1 is 1.08 bits per heavy atom.